The Hall–Kier alpha value is -5.29. The molecule has 0 saturated carbocycles. The molecule has 0 bridgehead atoms. The maximum absolute atomic E-state index is 13.4. The van der Waals surface area contributed by atoms with Gasteiger partial charge in [-0.05, 0) is 60.2 Å². The molecular weight excluding hydrogens is 485 g/mol. The third-order valence-electron chi connectivity index (χ3n) is 5.32. The van der Waals surface area contributed by atoms with E-state index in [-0.39, 0.29) is 23.7 Å². The lowest BCUT2D eigenvalue weighted by molar-refractivity contribution is 0.213. The highest BCUT2D eigenvalue weighted by Gasteiger charge is 2.16. The Morgan fingerprint density at radius 2 is 1.32 bits per heavy atom. The third-order valence-corrected chi connectivity index (χ3v) is 5.32. The first-order valence-electron chi connectivity index (χ1n) is 11.6. The Bertz CT molecular complexity index is 1420. The second-order valence-electron chi connectivity index (χ2n) is 8.07. The van der Waals surface area contributed by atoms with Gasteiger partial charge in [-0.2, -0.15) is 0 Å². The van der Waals surface area contributed by atoms with Crippen molar-refractivity contribution in [3.63, 3.8) is 0 Å². The number of benzene rings is 4. The summed E-state index contributed by atoms with van der Waals surface area (Å²) in [7, 11) is 0. The topological polar surface area (TPSA) is 79.9 Å². The van der Waals surface area contributed by atoms with E-state index in [1.807, 2.05) is 4.90 Å². The third kappa shape index (κ3) is 7.35. The monoisotopic (exact) mass is 509 g/mol. The number of para-hydroxylation sites is 2. The van der Waals surface area contributed by atoms with Crippen LogP contribution in [-0.4, -0.2) is 18.7 Å². The molecule has 0 heterocycles. The van der Waals surface area contributed by atoms with Crippen LogP contribution in [0.2, 0.25) is 0 Å². The van der Waals surface area contributed by atoms with Crippen LogP contribution in [0, 0.1) is 18.2 Å². The van der Waals surface area contributed by atoms with E-state index < -0.39 is 12.2 Å². The molecule has 4 aromatic carbocycles. The predicted octanol–water partition coefficient (Wildman–Crippen LogP) is 6.69. The van der Waals surface area contributed by atoms with E-state index in [0.29, 0.717) is 23.7 Å². The van der Waals surface area contributed by atoms with Gasteiger partial charge in [-0.25, -0.2) is 14.0 Å². The SMILES string of the molecule is C#CCN(Cc1ccc(F)cc1)c1ccc(NC(=O)Oc2ccccc2)c(NC(=O)Oc2ccccc2)c1. The highest BCUT2D eigenvalue weighted by Crippen LogP contribution is 2.30. The molecule has 0 aliphatic carbocycles. The molecular formula is C30H24FN3O4. The molecule has 0 aliphatic rings. The number of anilines is 3. The van der Waals surface area contributed by atoms with Crippen LogP contribution in [0.4, 0.5) is 31.0 Å². The van der Waals surface area contributed by atoms with Gasteiger partial charge in [0.05, 0.1) is 17.9 Å². The van der Waals surface area contributed by atoms with E-state index in [0.717, 1.165) is 5.56 Å². The van der Waals surface area contributed by atoms with Gasteiger partial charge in [0.25, 0.3) is 0 Å². The van der Waals surface area contributed by atoms with Gasteiger partial charge in [-0.3, -0.25) is 10.6 Å². The lowest BCUT2D eigenvalue weighted by Crippen LogP contribution is -2.24. The fraction of sp³-hybridized carbons (Fsp3) is 0.0667. The molecule has 0 spiro atoms. The van der Waals surface area contributed by atoms with Crippen molar-refractivity contribution in [2.75, 3.05) is 22.1 Å². The zero-order valence-corrected chi connectivity index (χ0v) is 20.3. The van der Waals surface area contributed by atoms with Gasteiger partial charge < -0.3 is 14.4 Å². The number of ether oxygens (including phenoxy) is 2. The van der Waals surface area contributed by atoms with Gasteiger partial charge in [-0.15, -0.1) is 6.42 Å². The number of halogens is 1. The number of nitrogens with one attached hydrogen (secondary N) is 2. The first-order chi connectivity index (χ1) is 18.5. The Balaban J connectivity index is 1.59. The highest BCUT2D eigenvalue weighted by atomic mass is 19.1. The zero-order chi connectivity index (χ0) is 26.7. The maximum Gasteiger partial charge on any atom is 0.417 e. The summed E-state index contributed by atoms with van der Waals surface area (Å²) in [5, 5.41) is 5.33. The van der Waals surface area contributed by atoms with Gasteiger partial charge >= 0.3 is 12.2 Å². The summed E-state index contributed by atoms with van der Waals surface area (Å²) < 4.78 is 24.0. The molecule has 0 unspecified atom stereocenters. The minimum Gasteiger partial charge on any atom is -0.410 e. The van der Waals surface area contributed by atoms with Crippen molar-refractivity contribution in [3.8, 4) is 23.8 Å². The molecule has 38 heavy (non-hydrogen) atoms. The quantitative estimate of drug-likeness (QED) is 0.259. The molecule has 190 valence electrons. The van der Waals surface area contributed by atoms with Gasteiger partial charge in [0.15, 0.2) is 0 Å². The van der Waals surface area contributed by atoms with Crippen molar-refractivity contribution in [2.24, 2.45) is 0 Å². The first-order valence-corrected chi connectivity index (χ1v) is 11.6. The van der Waals surface area contributed by atoms with Crippen LogP contribution in [0.3, 0.4) is 0 Å². The fourth-order valence-electron chi connectivity index (χ4n) is 3.56. The van der Waals surface area contributed by atoms with E-state index in [2.05, 4.69) is 16.6 Å². The summed E-state index contributed by atoms with van der Waals surface area (Å²) >= 11 is 0. The summed E-state index contributed by atoms with van der Waals surface area (Å²) in [6, 6.07) is 28.3. The minimum absolute atomic E-state index is 0.244. The molecule has 0 atom stereocenters. The number of rotatable bonds is 8. The number of hydrogen-bond acceptors (Lipinski definition) is 5. The van der Waals surface area contributed by atoms with Crippen LogP contribution in [0.1, 0.15) is 5.56 Å². The Morgan fingerprint density at radius 1 is 0.763 bits per heavy atom. The van der Waals surface area contributed by atoms with Crippen molar-refractivity contribution < 1.29 is 23.5 Å². The number of hydrogen-bond donors (Lipinski definition) is 2. The molecule has 0 aromatic heterocycles. The van der Waals surface area contributed by atoms with Crippen molar-refractivity contribution in [1.82, 2.24) is 0 Å². The van der Waals surface area contributed by atoms with Gasteiger partial charge in [0.1, 0.15) is 17.3 Å². The number of amides is 2. The van der Waals surface area contributed by atoms with Gasteiger partial charge in [0.2, 0.25) is 0 Å². The highest BCUT2D eigenvalue weighted by molar-refractivity contribution is 5.97. The fourth-order valence-corrected chi connectivity index (χ4v) is 3.56. The largest absolute Gasteiger partial charge is 0.417 e. The number of carbonyl (C=O) groups is 2. The molecule has 2 N–H and O–H groups in total. The lowest BCUT2D eigenvalue weighted by Gasteiger charge is -2.24. The second kappa shape index (κ2) is 12.6. The molecule has 4 aromatic rings. The van der Waals surface area contributed by atoms with Crippen molar-refractivity contribution in [3.05, 3.63) is 115 Å². The molecule has 0 saturated heterocycles. The normalized spacial score (nSPS) is 10.1. The molecule has 4 rings (SSSR count). The van der Waals surface area contributed by atoms with Crippen LogP contribution >= 0.6 is 0 Å². The molecule has 7 nitrogen and oxygen atoms in total. The number of carbonyl (C=O) groups excluding carboxylic acids is 2. The average molecular weight is 510 g/mol. The maximum atomic E-state index is 13.4. The second-order valence-corrected chi connectivity index (χ2v) is 8.07. The first kappa shape index (κ1) is 25.8. The summed E-state index contributed by atoms with van der Waals surface area (Å²) in [6.45, 7) is 0.634. The summed E-state index contributed by atoms with van der Waals surface area (Å²) in [6.07, 6.45) is 4.11. The molecule has 8 heteroatoms. The van der Waals surface area contributed by atoms with Gasteiger partial charge in [-0.1, -0.05) is 54.5 Å². The minimum atomic E-state index is -0.755. The van der Waals surface area contributed by atoms with Crippen molar-refractivity contribution in [2.45, 2.75) is 6.54 Å². The Morgan fingerprint density at radius 3 is 1.87 bits per heavy atom. The smallest absolute Gasteiger partial charge is 0.410 e. The van der Waals surface area contributed by atoms with Crippen LogP contribution in [0.5, 0.6) is 11.5 Å². The Kier molecular flexibility index (Phi) is 8.56. The lowest BCUT2D eigenvalue weighted by atomic mass is 10.1. The molecule has 0 fully saturated rings. The molecule has 2 amide bonds. The summed E-state index contributed by atoms with van der Waals surface area (Å²) in [5.41, 5.74) is 2.04. The predicted molar refractivity (Wildman–Crippen MR) is 145 cm³/mol. The Labute approximate surface area is 219 Å². The van der Waals surface area contributed by atoms with Gasteiger partial charge in [0, 0.05) is 12.2 Å². The molecule has 0 aliphatic heterocycles. The van der Waals surface area contributed by atoms with E-state index in [1.54, 1.807) is 91.0 Å². The standard InChI is InChI=1S/C30H24FN3O4/c1-2-19-34(21-22-13-15-23(31)16-14-22)24-17-18-27(32-29(35)37-25-9-5-3-6-10-25)28(20-24)33-30(36)38-26-11-7-4-8-12-26/h1,3-18,20H,19,21H2,(H,32,35)(H,33,36). The van der Waals surface area contributed by atoms with Crippen molar-refractivity contribution >= 4 is 29.2 Å². The van der Waals surface area contributed by atoms with E-state index in [9.17, 15) is 14.0 Å². The summed E-state index contributed by atoms with van der Waals surface area (Å²) in [4.78, 5) is 27.1. The van der Waals surface area contributed by atoms with Crippen molar-refractivity contribution in [1.29, 1.82) is 0 Å². The van der Waals surface area contributed by atoms with E-state index >= 15 is 0 Å². The average Bonchev–Trinajstić information content (AvgIpc) is 2.92. The van der Waals surface area contributed by atoms with Crippen LogP contribution in [0.25, 0.3) is 0 Å². The summed E-state index contributed by atoms with van der Waals surface area (Å²) in [5.74, 6) is 2.99. The van der Waals surface area contributed by atoms with Crippen LogP contribution in [0.15, 0.2) is 103 Å². The zero-order valence-electron chi connectivity index (χ0n) is 20.3. The van der Waals surface area contributed by atoms with Crippen LogP contribution < -0.4 is 25.0 Å². The van der Waals surface area contributed by atoms with E-state index in [1.165, 1.54) is 12.1 Å². The molecule has 0 radical (unpaired) electrons. The number of nitrogens with zero attached hydrogens (tertiary/aromatic N) is 1. The van der Waals surface area contributed by atoms with E-state index in [4.69, 9.17) is 15.9 Å². The number of terminal acetylenes is 1. The van der Waals surface area contributed by atoms with Crippen LogP contribution in [-0.2, 0) is 6.54 Å².